The Bertz CT molecular complexity index is 622. The van der Waals surface area contributed by atoms with Crippen LogP contribution in [0.4, 0.5) is 0 Å². The maximum Gasteiger partial charge on any atom is 0.251 e. The van der Waals surface area contributed by atoms with Gasteiger partial charge in [0.1, 0.15) is 0 Å². The van der Waals surface area contributed by atoms with Crippen LogP contribution in [0.15, 0.2) is 23.1 Å². The van der Waals surface area contributed by atoms with Crippen molar-refractivity contribution in [3.8, 4) is 0 Å². The molecular formula is C14H20N2O4S. The molecular weight excluding hydrogens is 292 g/mol. The second-order valence-corrected chi connectivity index (χ2v) is 6.82. The van der Waals surface area contributed by atoms with Crippen LogP contribution in [-0.4, -0.2) is 33.6 Å². The lowest BCUT2D eigenvalue weighted by Crippen LogP contribution is -2.27. The standard InChI is InChI=1S/C14H20N2O4S/c1-10-7-11(9-13(8-10)21(15,18)19)14(17)16-5-4-12-3-2-6-20-12/h7-9,12H,2-6H2,1H3,(H,16,17)(H2,15,18,19). The number of hydrogen-bond donors (Lipinski definition) is 2. The van der Waals surface area contributed by atoms with Gasteiger partial charge in [0.25, 0.3) is 5.91 Å². The van der Waals surface area contributed by atoms with Crippen molar-refractivity contribution in [3.05, 3.63) is 29.3 Å². The minimum Gasteiger partial charge on any atom is -0.378 e. The van der Waals surface area contributed by atoms with Gasteiger partial charge in [0.15, 0.2) is 0 Å². The van der Waals surface area contributed by atoms with Gasteiger partial charge in [-0.1, -0.05) is 0 Å². The second-order valence-electron chi connectivity index (χ2n) is 5.26. The summed E-state index contributed by atoms with van der Waals surface area (Å²) in [4.78, 5) is 12.0. The maximum absolute atomic E-state index is 12.1. The largest absolute Gasteiger partial charge is 0.378 e. The van der Waals surface area contributed by atoms with Gasteiger partial charge in [0, 0.05) is 18.7 Å². The van der Waals surface area contributed by atoms with Gasteiger partial charge in [0.05, 0.1) is 11.0 Å². The van der Waals surface area contributed by atoms with Crippen LogP contribution in [-0.2, 0) is 14.8 Å². The molecule has 1 saturated heterocycles. The Morgan fingerprint density at radius 3 is 2.81 bits per heavy atom. The Morgan fingerprint density at radius 2 is 2.19 bits per heavy atom. The number of aryl methyl sites for hydroxylation is 1. The Labute approximate surface area is 124 Å². The summed E-state index contributed by atoms with van der Waals surface area (Å²) in [6.07, 6.45) is 3.06. The van der Waals surface area contributed by atoms with E-state index in [9.17, 15) is 13.2 Å². The van der Waals surface area contributed by atoms with Crippen molar-refractivity contribution in [2.75, 3.05) is 13.2 Å². The third kappa shape index (κ3) is 4.52. The Hall–Kier alpha value is -1.44. The van der Waals surface area contributed by atoms with Crippen molar-refractivity contribution in [2.24, 2.45) is 5.14 Å². The molecule has 1 aliphatic rings. The van der Waals surface area contributed by atoms with E-state index in [0.29, 0.717) is 17.7 Å². The van der Waals surface area contributed by atoms with Crippen LogP contribution in [0.5, 0.6) is 0 Å². The summed E-state index contributed by atoms with van der Waals surface area (Å²) in [5.41, 5.74) is 0.970. The summed E-state index contributed by atoms with van der Waals surface area (Å²) < 4.78 is 28.2. The van der Waals surface area contributed by atoms with E-state index in [1.807, 2.05) is 0 Å². The highest BCUT2D eigenvalue weighted by Gasteiger charge is 2.16. The zero-order chi connectivity index (χ0) is 15.5. The van der Waals surface area contributed by atoms with E-state index < -0.39 is 10.0 Å². The van der Waals surface area contributed by atoms with E-state index in [2.05, 4.69) is 5.32 Å². The van der Waals surface area contributed by atoms with Crippen LogP contribution >= 0.6 is 0 Å². The van der Waals surface area contributed by atoms with Gasteiger partial charge in [-0.3, -0.25) is 4.79 Å². The second kappa shape index (κ2) is 6.55. The van der Waals surface area contributed by atoms with Gasteiger partial charge in [-0.15, -0.1) is 0 Å². The number of hydrogen-bond acceptors (Lipinski definition) is 4. The predicted molar refractivity (Wildman–Crippen MR) is 78.5 cm³/mol. The van der Waals surface area contributed by atoms with E-state index >= 15 is 0 Å². The molecule has 1 fully saturated rings. The molecule has 0 aromatic heterocycles. The van der Waals surface area contributed by atoms with Crippen molar-refractivity contribution < 1.29 is 17.9 Å². The van der Waals surface area contributed by atoms with Gasteiger partial charge in [-0.25, -0.2) is 13.6 Å². The van der Waals surface area contributed by atoms with Crippen molar-refractivity contribution in [1.29, 1.82) is 0 Å². The molecule has 7 heteroatoms. The lowest BCUT2D eigenvalue weighted by Gasteiger charge is -2.11. The van der Waals surface area contributed by atoms with Gasteiger partial charge < -0.3 is 10.1 Å². The third-order valence-electron chi connectivity index (χ3n) is 3.42. The van der Waals surface area contributed by atoms with Gasteiger partial charge in [-0.05, 0) is 49.9 Å². The van der Waals surface area contributed by atoms with E-state index in [1.54, 1.807) is 13.0 Å². The molecule has 1 aliphatic heterocycles. The molecule has 0 bridgehead atoms. The number of sulfonamides is 1. The number of carbonyl (C=O) groups is 1. The summed E-state index contributed by atoms with van der Waals surface area (Å²) in [5.74, 6) is -0.304. The molecule has 2 rings (SSSR count). The Balaban J connectivity index is 2.00. The predicted octanol–water partition coefficient (Wildman–Crippen LogP) is 0.941. The minimum atomic E-state index is -3.81. The Kier molecular flexibility index (Phi) is 4.97. The van der Waals surface area contributed by atoms with Crippen molar-refractivity contribution in [3.63, 3.8) is 0 Å². The molecule has 116 valence electrons. The normalized spacial score (nSPS) is 18.7. The van der Waals surface area contributed by atoms with Crippen LogP contribution in [0.2, 0.25) is 0 Å². The average molecular weight is 312 g/mol. The molecule has 0 saturated carbocycles. The number of rotatable bonds is 5. The molecule has 0 spiro atoms. The maximum atomic E-state index is 12.1. The number of carbonyl (C=O) groups excluding carboxylic acids is 1. The summed E-state index contributed by atoms with van der Waals surface area (Å²) in [6, 6.07) is 4.37. The topological polar surface area (TPSA) is 98.5 Å². The van der Waals surface area contributed by atoms with Gasteiger partial charge in [-0.2, -0.15) is 0 Å². The number of benzene rings is 1. The van der Waals surface area contributed by atoms with Gasteiger partial charge >= 0.3 is 0 Å². The fraction of sp³-hybridized carbons (Fsp3) is 0.500. The highest BCUT2D eigenvalue weighted by atomic mass is 32.2. The molecule has 1 amide bonds. The number of ether oxygens (including phenoxy) is 1. The zero-order valence-electron chi connectivity index (χ0n) is 12.0. The van der Waals surface area contributed by atoms with Gasteiger partial charge in [0.2, 0.25) is 10.0 Å². The first kappa shape index (κ1) is 15.9. The van der Waals surface area contributed by atoms with Crippen molar-refractivity contribution >= 4 is 15.9 Å². The van der Waals surface area contributed by atoms with E-state index in [-0.39, 0.29) is 16.9 Å². The molecule has 0 radical (unpaired) electrons. The first-order valence-corrected chi connectivity index (χ1v) is 8.45. The van der Waals surface area contributed by atoms with Crippen LogP contribution in [0.25, 0.3) is 0 Å². The van der Waals surface area contributed by atoms with Crippen LogP contribution < -0.4 is 10.5 Å². The monoisotopic (exact) mass is 312 g/mol. The fourth-order valence-corrected chi connectivity index (χ4v) is 3.01. The number of nitrogens with one attached hydrogen (secondary N) is 1. The first-order chi connectivity index (χ1) is 9.86. The average Bonchev–Trinajstić information content (AvgIpc) is 2.90. The summed E-state index contributed by atoms with van der Waals surface area (Å²) in [7, 11) is -3.81. The highest BCUT2D eigenvalue weighted by molar-refractivity contribution is 7.89. The lowest BCUT2D eigenvalue weighted by atomic mass is 10.1. The molecule has 21 heavy (non-hydrogen) atoms. The summed E-state index contributed by atoms with van der Waals surface area (Å²) >= 11 is 0. The number of amides is 1. The number of nitrogens with two attached hydrogens (primary N) is 1. The van der Waals surface area contributed by atoms with Crippen LogP contribution in [0.1, 0.15) is 35.2 Å². The molecule has 3 N–H and O–H groups in total. The lowest BCUT2D eigenvalue weighted by molar-refractivity contribution is 0.0907. The quantitative estimate of drug-likeness (QED) is 0.845. The molecule has 1 unspecified atom stereocenters. The highest BCUT2D eigenvalue weighted by Crippen LogP contribution is 2.15. The van der Waals surface area contributed by atoms with Crippen LogP contribution in [0, 0.1) is 6.92 Å². The van der Waals surface area contributed by atoms with Crippen molar-refractivity contribution in [1.82, 2.24) is 5.32 Å². The molecule has 1 aromatic rings. The molecule has 0 aliphatic carbocycles. The molecule has 1 atom stereocenters. The molecule has 1 heterocycles. The molecule has 6 nitrogen and oxygen atoms in total. The SMILES string of the molecule is Cc1cc(C(=O)NCCC2CCCO2)cc(S(N)(=O)=O)c1. The first-order valence-electron chi connectivity index (χ1n) is 6.90. The molecule has 1 aromatic carbocycles. The zero-order valence-corrected chi connectivity index (χ0v) is 12.8. The van der Waals surface area contributed by atoms with E-state index in [4.69, 9.17) is 9.88 Å². The Morgan fingerprint density at radius 1 is 1.43 bits per heavy atom. The summed E-state index contributed by atoms with van der Waals surface area (Å²) in [6.45, 7) is 3.01. The fourth-order valence-electron chi connectivity index (χ4n) is 2.36. The van der Waals surface area contributed by atoms with E-state index in [1.165, 1.54) is 12.1 Å². The number of primary sulfonamides is 1. The van der Waals surface area contributed by atoms with E-state index in [0.717, 1.165) is 25.9 Å². The minimum absolute atomic E-state index is 0.0493. The third-order valence-corrected chi connectivity index (χ3v) is 4.31. The van der Waals surface area contributed by atoms with Crippen LogP contribution in [0.3, 0.4) is 0 Å². The van der Waals surface area contributed by atoms with Crippen molar-refractivity contribution in [2.45, 2.75) is 37.2 Å². The smallest absolute Gasteiger partial charge is 0.251 e. The summed E-state index contributed by atoms with van der Waals surface area (Å²) in [5, 5.41) is 7.88.